The predicted octanol–water partition coefficient (Wildman–Crippen LogP) is 2.32. The van der Waals surface area contributed by atoms with Crippen molar-refractivity contribution < 1.29 is 9.90 Å². The molecule has 0 saturated heterocycles. The van der Waals surface area contributed by atoms with Gasteiger partial charge in [0.05, 0.1) is 6.10 Å². The zero-order chi connectivity index (χ0) is 11.4. The number of aliphatic hydroxyl groups excluding tert-OH is 1. The molecule has 0 amide bonds. The van der Waals surface area contributed by atoms with E-state index < -0.39 is 0 Å². The Balaban J connectivity index is 2.46. The molecule has 1 unspecified atom stereocenters. The third-order valence-electron chi connectivity index (χ3n) is 4.38. The Morgan fingerprint density at radius 1 is 1.33 bits per heavy atom. The highest BCUT2D eigenvalue weighted by Crippen LogP contribution is 2.57. The Kier molecular flexibility index (Phi) is 2.13. The Morgan fingerprint density at radius 3 is 2.53 bits per heavy atom. The van der Waals surface area contributed by atoms with Gasteiger partial charge in [-0.2, -0.15) is 0 Å². The van der Waals surface area contributed by atoms with Gasteiger partial charge in [0.15, 0.2) is 5.78 Å². The number of hydrogen-bond acceptors (Lipinski definition) is 2. The zero-order valence-electron chi connectivity index (χ0n) is 10.0. The first-order chi connectivity index (χ1) is 6.77. The summed E-state index contributed by atoms with van der Waals surface area (Å²) >= 11 is 0. The topological polar surface area (TPSA) is 37.3 Å². The van der Waals surface area contributed by atoms with E-state index in [1.54, 1.807) is 6.08 Å². The fourth-order valence-electron chi connectivity index (χ4n) is 3.82. The van der Waals surface area contributed by atoms with Crippen LogP contribution in [0.25, 0.3) is 0 Å². The summed E-state index contributed by atoms with van der Waals surface area (Å²) < 4.78 is 0. The number of hydrogen-bond donors (Lipinski definition) is 1. The molecule has 0 aromatic heterocycles. The van der Waals surface area contributed by atoms with Crippen LogP contribution in [0, 0.1) is 16.7 Å². The molecule has 15 heavy (non-hydrogen) atoms. The van der Waals surface area contributed by atoms with E-state index in [1.165, 1.54) is 0 Å². The Hall–Kier alpha value is -0.630. The van der Waals surface area contributed by atoms with E-state index in [1.807, 2.05) is 6.92 Å². The van der Waals surface area contributed by atoms with Crippen LogP contribution < -0.4 is 0 Å². The third kappa shape index (κ3) is 1.38. The van der Waals surface area contributed by atoms with Crippen LogP contribution in [0.2, 0.25) is 0 Å². The van der Waals surface area contributed by atoms with Gasteiger partial charge in [0.2, 0.25) is 0 Å². The van der Waals surface area contributed by atoms with Crippen molar-refractivity contribution in [1.29, 1.82) is 0 Å². The van der Waals surface area contributed by atoms with Crippen LogP contribution >= 0.6 is 0 Å². The van der Waals surface area contributed by atoms with E-state index in [9.17, 15) is 9.90 Å². The molecule has 84 valence electrons. The SMILES string of the molecule is CC1=CC(=O)[C@@H]2C(C)(C)CC(O)C[C@@]12C. The van der Waals surface area contributed by atoms with Gasteiger partial charge in [0.1, 0.15) is 0 Å². The second kappa shape index (κ2) is 2.94. The monoisotopic (exact) mass is 208 g/mol. The average molecular weight is 208 g/mol. The van der Waals surface area contributed by atoms with Crippen molar-refractivity contribution in [1.82, 2.24) is 0 Å². The van der Waals surface area contributed by atoms with Gasteiger partial charge in [-0.1, -0.05) is 26.3 Å². The summed E-state index contributed by atoms with van der Waals surface area (Å²) in [6.45, 7) is 8.34. The van der Waals surface area contributed by atoms with Gasteiger partial charge in [-0.3, -0.25) is 4.79 Å². The van der Waals surface area contributed by atoms with E-state index in [0.717, 1.165) is 18.4 Å². The second-order valence-corrected chi connectivity index (χ2v) is 6.13. The van der Waals surface area contributed by atoms with E-state index in [0.29, 0.717) is 0 Å². The molecule has 0 aromatic carbocycles. The van der Waals surface area contributed by atoms with Crippen molar-refractivity contribution in [2.45, 2.75) is 46.6 Å². The number of carbonyl (C=O) groups is 1. The summed E-state index contributed by atoms with van der Waals surface area (Å²) in [6.07, 6.45) is 2.98. The Bertz CT molecular complexity index is 340. The number of aliphatic hydroxyl groups is 1. The molecular weight excluding hydrogens is 188 g/mol. The lowest BCUT2D eigenvalue weighted by Gasteiger charge is -2.49. The first-order valence-electron chi connectivity index (χ1n) is 5.68. The van der Waals surface area contributed by atoms with Crippen LogP contribution in [0.5, 0.6) is 0 Å². The van der Waals surface area contributed by atoms with Crippen LogP contribution in [-0.2, 0) is 4.79 Å². The molecule has 0 spiro atoms. The van der Waals surface area contributed by atoms with Gasteiger partial charge in [-0.15, -0.1) is 0 Å². The minimum Gasteiger partial charge on any atom is -0.393 e. The van der Waals surface area contributed by atoms with Crippen molar-refractivity contribution in [2.24, 2.45) is 16.7 Å². The van der Waals surface area contributed by atoms with Gasteiger partial charge in [0, 0.05) is 11.3 Å². The average Bonchev–Trinajstić information content (AvgIpc) is 2.19. The Morgan fingerprint density at radius 2 is 1.93 bits per heavy atom. The molecular formula is C13H20O2. The van der Waals surface area contributed by atoms with Crippen LogP contribution in [0.3, 0.4) is 0 Å². The molecule has 0 radical (unpaired) electrons. The highest BCUT2D eigenvalue weighted by Gasteiger charge is 2.55. The summed E-state index contributed by atoms with van der Waals surface area (Å²) in [5.41, 5.74) is 0.944. The number of fused-ring (bicyclic) bond motifs is 1. The van der Waals surface area contributed by atoms with Crippen molar-refractivity contribution in [2.75, 3.05) is 0 Å². The number of ketones is 1. The van der Waals surface area contributed by atoms with Gasteiger partial charge >= 0.3 is 0 Å². The molecule has 0 heterocycles. The largest absolute Gasteiger partial charge is 0.393 e. The summed E-state index contributed by atoms with van der Waals surface area (Å²) in [7, 11) is 0. The van der Waals surface area contributed by atoms with E-state index in [-0.39, 0.29) is 28.6 Å². The normalized spacial score (nSPS) is 43.8. The fourth-order valence-corrected chi connectivity index (χ4v) is 3.82. The molecule has 0 bridgehead atoms. The summed E-state index contributed by atoms with van der Waals surface area (Å²) in [4.78, 5) is 12.0. The third-order valence-corrected chi connectivity index (χ3v) is 4.38. The van der Waals surface area contributed by atoms with Crippen molar-refractivity contribution in [3.05, 3.63) is 11.6 Å². The van der Waals surface area contributed by atoms with E-state index in [4.69, 9.17) is 0 Å². The van der Waals surface area contributed by atoms with Crippen LogP contribution in [0.4, 0.5) is 0 Å². The quantitative estimate of drug-likeness (QED) is 0.663. The first kappa shape index (κ1) is 10.9. The minimum atomic E-state index is -0.268. The van der Waals surface area contributed by atoms with Crippen LogP contribution in [-0.4, -0.2) is 17.0 Å². The molecule has 0 aliphatic heterocycles. The molecule has 2 aliphatic rings. The molecule has 3 atom stereocenters. The van der Waals surface area contributed by atoms with Gasteiger partial charge in [0.25, 0.3) is 0 Å². The lowest BCUT2D eigenvalue weighted by Crippen LogP contribution is -2.48. The lowest BCUT2D eigenvalue weighted by molar-refractivity contribution is -0.130. The minimum absolute atomic E-state index is 0.0633. The molecule has 2 nitrogen and oxygen atoms in total. The standard InChI is InChI=1S/C13H20O2/c1-8-5-10(15)11-12(2,3)6-9(14)7-13(8,11)4/h5,9,11,14H,6-7H2,1-4H3/t9?,11-,13+/m1/s1. The zero-order valence-corrected chi connectivity index (χ0v) is 10.0. The van der Waals surface area contributed by atoms with Crippen LogP contribution in [0.1, 0.15) is 40.5 Å². The molecule has 2 heteroatoms. The van der Waals surface area contributed by atoms with Crippen molar-refractivity contribution >= 4 is 5.78 Å². The van der Waals surface area contributed by atoms with Gasteiger partial charge in [-0.05, 0) is 31.3 Å². The smallest absolute Gasteiger partial charge is 0.160 e. The molecule has 1 N–H and O–H groups in total. The number of carbonyl (C=O) groups excluding carboxylic acids is 1. The summed E-state index contributed by atoms with van der Waals surface area (Å²) in [5.74, 6) is 0.320. The molecule has 2 aliphatic carbocycles. The van der Waals surface area contributed by atoms with Gasteiger partial charge < -0.3 is 5.11 Å². The van der Waals surface area contributed by atoms with E-state index >= 15 is 0 Å². The highest BCUT2D eigenvalue weighted by molar-refractivity contribution is 5.97. The fraction of sp³-hybridized carbons (Fsp3) is 0.769. The maximum atomic E-state index is 12.0. The maximum Gasteiger partial charge on any atom is 0.160 e. The van der Waals surface area contributed by atoms with Crippen molar-refractivity contribution in [3.8, 4) is 0 Å². The second-order valence-electron chi connectivity index (χ2n) is 6.13. The molecule has 1 saturated carbocycles. The summed E-state index contributed by atoms with van der Waals surface area (Å²) in [6, 6.07) is 0. The van der Waals surface area contributed by atoms with E-state index in [2.05, 4.69) is 20.8 Å². The molecule has 1 fully saturated rings. The number of allylic oxidation sites excluding steroid dienone is 2. The summed E-state index contributed by atoms with van der Waals surface area (Å²) in [5, 5.41) is 9.92. The highest BCUT2D eigenvalue weighted by atomic mass is 16.3. The van der Waals surface area contributed by atoms with Gasteiger partial charge in [-0.25, -0.2) is 0 Å². The molecule has 2 rings (SSSR count). The Labute approximate surface area is 91.4 Å². The first-order valence-corrected chi connectivity index (χ1v) is 5.68. The number of rotatable bonds is 0. The van der Waals surface area contributed by atoms with Crippen LogP contribution in [0.15, 0.2) is 11.6 Å². The lowest BCUT2D eigenvalue weighted by atomic mass is 9.55. The predicted molar refractivity (Wildman–Crippen MR) is 59.4 cm³/mol. The maximum absolute atomic E-state index is 12.0. The molecule has 0 aromatic rings. The van der Waals surface area contributed by atoms with Crippen molar-refractivity contribution in [3.63, 3.8) is 0 Å².